The molecule has 4 rings (SSSR count). The maximum atomic E-state index is 4.52. The molecule has 20 heavy (non-hydrogen) atoms. The number of nitrogens with zero attached hydrogens (tertiary/aromatic N) is 4. The molecule has 0 radical (unpaired) electrons. The minimum Gasteiger partial charge on any atom is -0.353 e. The van der Waals surface area contributed by atoms with Crippen molar-refractivity contribution in [1.82, 2.24) is 19.9 Å². The smallest absolute Gasteiger partial charge is 0.182 e. The van der Waals surface area contributed by atoms with Crippen molar-refractivity contribution in [2.75, 3.05) is 23.7 Å². The van der Waals surface area contributed by atoms with Crippen LogP contribution in [0.25, 0.3) is 11.2 Å². The Bertz CT molecular complexity index is 599. The highest BCUT2D eigenvalue weighted by Crippen LogP contribution is 2.43. The molecule has 1 aliphatic heterocycles. The molecule has 1 N–H and O–H groups in total. The molecule has 1 aliphatic carbocycles. The largest absolute Gasteiger partial charge is 0.353 e. The van der Waals surface area contributed by atoms with Crippen molar-refractivity contribution in [3.8, 4) is 0 Å². The van der Waals surface area contributed by atoms with Crippen LogP contribution in [0.15, 0.2) is 12.7 Å². The second kappa shape index (κ2) is 4.91. The average Bonchev–Trinajstić information content (AvgIpc) is 2.96. The van der Waals surface area contributed by atoms with Crippen LogP contribution in [0.4, 0.5) is 5.82 Å². The second-order valence-electron chi connectivity index (χ2n) is 5.81. The van der Waals surface area contributed by atoms with E-state index in [0.717, 1.165) is 30.1 Å². The molecule has 1 spiro atoms. The van der Waals surface area contributed by atoms with Crippen molar-refractivity contribution in [2.45, 2.75) is 36.9 Å². The van der Waals surface area contributed by atoms with Crippen molar-refractivity contribution in [3.63, 3.8) is 0 Å². The first-order valence-corrected chi connectivity index (χ1v) is 8.38. The van der Waals surface area contributed by atoms with Crippen LogP contribution in [-0.4, -0.2) is 43.5 Å². The lowest BCUT2D eigenvalue weighted by Crippen LogP contribution is -2.48. The number of hydrogen-bond donors (Lipinski definition) is 1. The number of hydrogen-bond acceptors (Lipinski definition) is 5. The molecule has 0 bridgehead atoms. The fourth-order valence-corrected chi connectivity index (χ4v) is 5.09. The Kier molecular flexibility index (Phi) is 3.06. The zero-order chi connectivity index (χ0) is 13.4. The summed E-state index contributed by atoms with van der Waals surface area (Å²) in [4.78, 5) is 18.6. The van der Waals surface area contributed by atoms with Gasteiger partial charge in [-0.3, -0.25) is 0 Å². The molecule has 0 aromatic carbocycles. The summed E-state index contributed by atoms with van der Waals surface area (Å²) in [5.74, 6) is 2.22. The highest BCUT2D eigenvalue weighted by Gasteiger charge is 2.38. The first kappa shape index (κ1) is 12.4. The number of H-pyrrole nitrogens is 1. The minimum absolute atomic E-state index is 0.452. The molecule has 0 atom stereocenters. The molecule has 106 valence electrons. The van der Waals surface area contributed by atoms with E-state index in [2.05, 4.69) is 36.6 Å². The van der Waals surface area contributed by atoms with Gasteiger partial charge in [0.2, 0.25) is 0 Å². The molecule has 1 saturated carbocycles. The number of nitrogens with one attached hydrogen (secondary N) is 1. The molecule has 2 aromatic rings. The van der Waals surface area contributed by atoms with Gasteiger partial charge in [-0.2, -0.15) is 11.8 Å². The van der Waals surface area contributed by atoms with E-state index in [1.807, 2.05) is 0 Å². The Labute approximate surface area is 122 Å². The zero-order valence-electron chi connectivity index (χ0n) is 11.5. The quantitative estimate of drug-likeness (QED) is 0.874. The zero-order valence-corrected chi connectivity index (χ0v) is 12.3. The number of aromatic amines is 1. The normalized spacial score (nSPS) is 22.5. The van der Waals surface area contributed by atoms with Gasteiger partial charge in [0.25, 0.3) is 0 Å². The van der Waals surface area contributed by atoms with Gasteiger partial charge in [-0.25, -0.2) is 15.0 Å². The van der Waals surface area contributed by atoms with E-state index >= 15 is 0 Å². The summed E-state index contributed by atoms with van der Waals surface area (Å²) in [6, 6.07) is 0. The molecule has 2 fully saturated rings. The lowest BCUT2D eigenvalue weighted by molar-refractivity contribution is 0.390. The summed E-state index contributed by atoms with van der Waals surface area (Å²) >= 11 is 2.18. The lowest BCUT2D eigenvalue weighted by atomic mass is 9.87. The number of aromatic nitrogens is 4. The van der Waals surface area contributed by atoms with Gasteiger partial charge < -0.3 is 9.88 Å². The molecule has 0 amide bonds. The van der Waals surface area contributed by atoms with Crippen LogP contribution < -0.4 is 4.90 Å². The standard InChI is InChI=1S/C14H19N5S/c1-2-4-14(5-3-1)8-19(6-7-20-14)13-11-12(16-9-15-11)17-10-18-13/h9-10H,1-8H2,(H,15,16,17,18). The molecule has 6 heteroatoms. The van der Waals surface area contributed by atoms with Crippen LogP contribution >= 0.6 is 11.8 Å². The van der Waals surface area contributed by atoms with Gasteiger partial charge >= 0.3 is 0 Å². The molecule has 0 unspecified atom stereocenters. The third-order valence-electron chi connectivity index (χ3n) is 4.52. The molecule has 5 nitrogen and oxygen atoms in total. The number of anilines is 1. The second-order valence-corrected chi connectivity index (χ2v) is 7.38. The van der Waals surface area contributed by atoms with Crippen molar-refractivity contribution in [2.24, 2.45) is 0 Å². The van der Waals surface area contributed by atoms with Gasteiger partial charge in [-0.1, -0.05) is 19.3 Å². The Morgan fingerprint density at radius 3 is 2.95 bits per heavy atom. The fraction of sp³-hybridized carbons (Fsp3) is 0.643. The summed E-state index contributed by atoms with van der Waals surface area (Å²) in [6.45, 7) is 2.18. The Morgan fingerprint density at radius 2 is 2.05 bits per heavy atom. The van der Waals surface area contributed by atoms with Crippen LogP contribution in [0, 0.1) is 0 Å². The number of imidazole rings is 1. The van der Waals surface area contributed by atoms with Crippen LogP contribution in [0.3, 0.4) is 0 Å². The summed E-state index contributed by atoms with van der Waals surface area (Å²) in [7, 11) is 0. The van der Waals surface area contributed by atoms with E-state index in [0.29, 0.717) is 4.75 Å². The lowest BCUT2D eigenvalue weighted by Gasteiger charge is -2.45. The number of rotatable bonds is 1. The Balaban J connectivity index is 1.66. The Morgan fingerprint density at radius 1 is 1.15 bits per heavy atom. The summed E-state index contributed by atoms with van der Waals surface area (Å²) < 4.78 is 0.452. The van der Waals surface area contributed by atoms with Gasteiger partial charge in [0.15, 0.2) is 11.5 Å². The molecular formula is C14H19N5S. The van der Waals surface area contributed by atoms with Crippen molar-refractivity contribution in [1.29, 1.82) is 0 Å². The van der Waals surface area contributed by atoms with Gasteiger partial charge in [0.05, 0.1) is 6.33 Å². The summed E-state index contributed by atoms with van der Waals surface area (Å²) in [5.41, 5.74) is 1.75. The van der Waals surface area contributed by atoms with Gasteiger partial charge in [0, 0.05) is 23.6 Å². The van der Waals surface area contributed by atoms with Gasteiger partial charge in [-0.05, 0) is 12.8 Å². The first-order chi connectivity index (χ1) is 9.86. The minimum atomic E-state index is 0.452. The third-order valence-corrected chi connectivity index (χ3v) is 6.05. The SMILES string of the molecule is c1nc(N2CCSC3(CCCCC3)C2)c2[nH]cnc2n1. The van der Waals surface area contributed by atoms with Crippen molar-refractivity contribution in [3.05, 3.63) is 12.7 Å². The van der Waals surface area contributed by atoms with Crippen LogP contribution in [0.2, 0.25) is 0 Å². The van der Waals surface area contributed by atoms with E-state index in [-0.39, 0.29) is 0 Å². The average molecular weight is 289 g/mol. The van der Waals surface area contributed by atoms with E-state index < -0.39 is 0 Å². The summed E-state index contributed by atoms with van der Waals surface area (Å²) in [5, 5.41) is 0. The monoisotopic (exact) mass is 289 g/mol. The molecule has 2 aromatic heterocycles. The summed E-state index contributed by atoms with van der Waals surface area (Å²) in [6.07, 6.45) is 10.2. The predicted octanol–water partition coefficient (Wildman–Crippen LogP) is 2.61. The number of thioether (sulfide) groups is 1. The van der Waals surface area contributed by atoms with E-state index in [1.54, 1.807) is 12.7 Å². The van der Waals surface area contributed by atoms with E-state index in [9.17, 15) is 0 Å². The fourth-order valence-electron chi connectivity index (χ4n) is 3.52. The highest BCUT2D eigenvalue weighted by atomic mass is 32.2. The van der Waals surface area contributed by atoms with Crippen LogP contribution in [0.5, 0.6) is 0 Å². The first-order valence-electron chi connectivity index (χ1n) is 7.39. The predicted molar refractivity (Wildman–Crippen MR) is 82.2 cm³/mol. The van der Waals surface area contributed by atoms with E-state index in [1.165, 1.54) is 37.9 Å². The van der Waals surface area contributed by atoms with Gasteiger partial charge in [-0.15, -0.1) is 0 Å². The third kappa shape index (κ3) is 2.06. The molecule has 3 heterocycles. The maximum Gasteiger partial charge on any atom is 0.182 e. The van der Waals surface area contributed by atoms with Crippen molar-refractivity contribution < 1.29 is 0 Å². The number of fused-ring (bicyclic) bond motifs is 1. The van der Waals surface area contributed by atoms with Gasteiger partial charge in [0.1, 0.15) is 11.8 Å². The molecule has 1 saturated heterocycles. The highest BCUT2D eigenvalue weighted by molar-refractivity contribution is 8.00. The van der Waals surface area contributed by atoms with Crippen LogP contribution in [0.1, 0.15) is 32.1 Å². The van der Waals surface area contributed by atoms with Crippen LogP contribution in [-0.2, 0) is 0 Å². The van der Waals surface area contributed by atoms with Crippen molar-refractivity contribution >= 4 is 28.7 Å². The maximum absolute atomic E-state index is 4.52. The molecule has 2 aliphatic rings. The van der Waals surface area contributed by atoms with E-state index in [4.69, 9.17) is 0 Å². The Hall–Kier alpha value is -1.30. The topological polar surface area (TPSA) is 57.7 Å². The molecular weight excluding hydrogens is 270 g/mol.